The Morgan fingerprint density at radius 3 is 2.61 bits per heavy atom. The maximum absolute atomic E-state index is 16.5. The zero-order valence-electron chi connectivity index (χ0n) is 22.2. The third kappa shape index (κ3) is 4.51. The second kappa shape index (κ2) is 10.1. The van der Waals surface area contributed by atoms with Crippen LogP contribution in [-0.4, -0.2) is 70.6 Å². The lowest BCUT2D eigenvalue weighted by atomic mass is 10.00. The summed E-state index contributed by atoms with van der Waals surface area (Å²) in [5, 5.41) is 0. The molecule has 38 heavy (non-hydrogen) atoms. The number of halogens is 1. The average Bonchev–Trinajstić information content (AvgIpc) is 3.28. The van der Waals surface area contributed by atoms with Crippen molar-refractivity contribution < 1.29 is 4.39 Å². The molecule has 2 aliphatic heterocycles. The SMILES string of the molecule is CN(C)Cc1cncc(-c2ncc3c(c2F)C(c2nc4c(N5CCCCC5)cncc4[nH]2)=CCCN3C)c1. The van der Waals surface area contributed by atoms with E-state index in [1.54, 1.807) is 18.6 Å². The molecule has 0 amide bonds. The molecule has 0 spiro atoms. The number of hydrogen-bond donors (Lipinski definition) is 1. The number of aromatic amines is 1. The number of aromatic nitrogens is 5. The summed E-state index contributed by atoms with van der Waals surface area (Å²) in [6, 6.07) is 1.96. The zero-order valence-corrected chi connectivity index (χ0v) is 22.2. The van der Waals surface area contributed by atoms with Crippen LogP contribution in [0.4, 0.5) is 15.8 Å². The van der Waals surface area contributed by atoms with Gasteiger partial charge in [-0.2, -0.15) is 0 Å². The summed E-state index contributed by atoms with van der Waals surface area (Å²) in [6.45, 7) is 3.49. The molecule has 0 aromatic carbocycles. The fourth-order valence-corrected chi connectivity index (χ4v) is 5.55. The van der Waals surface area contributed by atoms with Crippen molar-refractivity contribution in [3.63, 3.8) is 0 Å². The summed E-state index contributed by atoms with van der Waals surface area (Å²) in [5.41, 5.74) is 6.76. The van der Waals surface area contributed by atoms with Gasteiger partial charge in [0.25, 0.3) is 0 Å². The molecule has 2 aliphatic rings. The van der Waals surface area contributed by atoms with Crippen LogP contribution in [0.5, 0.6) is 0 Å². The third-order valence-electron chi connectivity index (χ3n) is 7.39. The number of nitrogens with one attached hydrogen (secondary N) is 1. The Hall–Kier alpha value is -3.85. The summed E-state index contributed by atoms with van der Waals surface area (Å²) >= 11 is 0. The van der Waals surface area contributed by atoms with E-state index in [1.807, 2.05) is 39.6 Å². The van der Waals surface area contributed by atoms with E-state index in [-0.39, 0.29) is 5.82 Å². The Labute approximate surface area is 222 Å². The van der Waals surface area contributed by atoms with Crippen LogP contribution >= 0.6 is 0 Å². The molecule has 8 nitrogen and oxygen atoms in total. The van der Waals surface area contributed by atoms with Crippen LogP contribution in [0.25, 0.3) is 27.9 Å². The van der Waals surface area contributed by atoms with Gasteiger partial charge in [0.15, 0.2) is 5.82 Å². The number of hydrogen-bond acceptors (Lipinski definition) is 7. The highest BCUT2D eigenvalue weighted by atomic mass is 19.1. The predicted octanol–water partition coefficient (Wildman–Crippen LogP) is 4.88. The number of piperidine rings is 1. The van der Waals surface area contributed by atoms with Crippen molar-refractivity contribution in [2.75, 3.05) is 50.6 Å². The maximum Gasteiger partial charge on any atom is 0.159 e. The van der Waals surface area contributed by atoms with Crippen molar-refractivity contribution in [3.8, 4) is 11.3 Å². The zero-order chi connectivity index (χ0) is 26.2. The lowest BCUT2D eigenvalue weighted by molar-refractivity contribution is 0.402. The molecule has 6 rings (SSSR count). The molecule has 196 valence electrons. The quantitative estimate of drug-likeness (QED) is 0.409. The molecule has 9 heteroatoms. The van der Waals surface area contributed by atoms with E-state index < -0.39 is 0 Å². The monoisotopic (exact) mass is 512 g/mol. The fraction of sp³-hybridized carbons (Fsp3) is 0.379. The van der Waals surface area contributed by atoms with Crippen LogP contribution < -0.4 is 9.80 Å². The van der Waals surface area contributed by atoms with Crippen molar-refractivity contribution in [1.29, 1.82) is 0 Å². The Bertz CT molecular complexity index is 1500. The van der Waals surface area contributed by atoms with Gasteiger partial charge < -0.3 is 19.7 Å². The molecule has 4 aromatic rings. The first-order valence-corrected chi connectivity index (χ1v) is 13.3. The van der Waals surface area contributed by atoms with Gasteiger partial charge in [-0.1, -0.05) is 6.08 Å². The lowest BCUT2D eigenvalue weighted by Crippen LogP contribution is -2.29. The number of imidazole rings is 1. The standard InChI is InChI=1S/C29H33FN8/c1-36(2)18-19-12-20(14-31-13-19)27-26(30)25-21(8-7-9-37(3)23(25)17-33-27)29-34-22-15-32-16-24(28(22)35-29)38-10-5-4-6-11-38/h8,12-17H,4-7,9-11,18H2,1-3H3,(H,34,35). The highest BCUT2D eigenvalue weighted by molar-refractivity contribution is 5.93. The Morgan fingerprint density at radius 1 is 0.974 bits per heavy atom. The van der Waals surface area contributed by atoms with Gasteiger partial charge in [-0.25, -0.2) is 9.37 Å². The minimum atomic E-state index is -0.360. The molecule has 0 bridgehead atoms. The molecule has 0 unspecified atom stereocenters. The van der Waals surface area contributed by atoms with Crippen LogP contribution in [0.15, 0.2) is 43.1 Å². The summed E-state index contributed by atoms with van der Waals surface area (Å²) in [5.74, 6) is 0.291. The fourth-order valence-electron chi connectivity index (χ4n) is 5.55. The van der Waals surface area contributed by atoms with Gasteiger partial charge in [-0.3, -0.25) is 15.0 Å². The van der Waals surface area contributed by atoms with E-state index in [1.165, 1.54) is 19.3 Å². The number of anilines is 2. The summed E-state index contributed by atoms with van der Waals surface area (Å²) in [7, 11) is 5.98. The number of H-pyrrole nitrogens is 1. The van der Waals surface area contributed by atoms with Gasteiger partial charge in [0.05, 0.1) is 35.5 Å². The smallest absolute Gasteiger partial charge is 0.159 e. The van der Waals surface area contributed by atoms with E-state index in [9.17, 15) is 0 Å². The van der Waals surface area contributed by atoms with Crippen molar-refractivity contribution in [2.24, 2.45) is 0 Å². The van der Waals surface area contributed by atoms with E-state index in [0.717, 1.165) is 59.6 Å². The predicted molar refractivity (Wildman–Crippen MR) is 150 cm³/mol. The van der Waals surface area contributed by atoms with Gasteiger partial charge in [0.1, 0.15) is 17.0 Å². The summed E-state index contributed by atoms with van der Waals surface area (Å²) < 4.78 is 16.5. The van der Waals surface area contributed by atoms with Crippen LogP contribution in [0.3, 0.4) is 0 Å². The van der Waals surface area contributed by atoms with Crippen LogP contribution in [-0.2, 0) is 6.54 Å². The first-order valence-electron chi connectivity index (χ1n) is 13.3. The van der Waals surface area contributed by atoms with Gasteiger partial charge in [-0.05, 0) is 51.4 Å². The molecule has 6 heterocycles. The lowest BCUT2D eigenvalue weighted by Gasteiger charge is -2.28. The van der Waals surface area contributed by atoms with E-state index in [4.69, 9.17) is 4.98 Å². The number of pyridine rings is 3. The minimum absolute atomic E-state index is 0.296. The van der Waals surface area contributed by atoms with E-state index >= 15 is 4.39 Å². The normalized spacial score (nSPS) is 16.1. The molecule has 4 aromatic heterocycles. The molecule has 1 saturated heterocycles. The van der Waals surface area contributed by atoms with E-state index in [0.29, 0.717) is 29.2 Å². The van der Waals surface area contributed by atoms with Gasteiger partial charge >= 0.3 is 0 Å². The van der Waals surface area contributed by atoms with Crippen molar-refractivity contribution in [2.45, 2.75) is 32.2 Å². The highest BCUT2D eigenvalue weighted by Crippen LogP contribution is 2.39. The van der Waals surface area contributed by atoms with Crippen LogP contribution in [0, 0.1) is 5.82 Å². The molecular formula is C29H33FN8. The van der Waals surface area contributed by atoms with Gasteiger partial charge in [0.2, 0.25) is 0 Å². The summed E-state index contributed by atoms with van der Waals surface area (Å²) in [6.07, 6.45) is 15.4. The molecule has 0 saturated carbocycles. The van der Waals surface area contributed by atoms with Crippen molar-refractivity contribution in [3.05, 3.63) is 65.9 Å². The third-order valence-corrected chi connectivity index (χ3v) is 7.39. The maximum atomic E-state index is 16.5. The Kier molecular flexibility index (Phi) is 6.53. The van der Waals surface area contributed by atoms with Crippen LogP contribution in [0.1, 0.15) is 42.6 Å². The molecule has 0 radical (unpaired) electrons. The highest BCUT2D eigenvalue weighted by Gasteiger charge is 2.27. The van der Waals surface area contributed by atoms with Gasteiger partial charge in [-0.15, -0.1) is 0 Å². The topological polar surface area (TPSA) is 77.1 Å². The average molecular weight is 513 g/mol. The van der Waals surface area contributed by atoms with E-state index in [2.05, 4.69) is 40.7 Å². The first kappa shape index (κ1) is 24.5. The second-order valence-corrected chi connectivity index (χ2v) is 10.5. The molecular weight excluding hydrogens is 479 g/mol. The van der Waals surface area contributed by atoms with Gasteiger partial charge in [0, 0.05) is 62.3 Å². The van der Waals surface area contributed by atoms with Crippen molar-refractivity contribution in [1.82, 2.24) is 29.8 Å². The van der Waals surface area contributed by atoms with Crippen molar-refractivity contribution >= 4 is 28.0 Å². The number of fused-ring (bicyclic) bond motifs is 2. The minimum Gasteiger partial charge on any atom is -0.372 e. The molecule has 0 atom stereocenters. The van der Waals surface area contributed by atoms with Crippen LogP contribution in [0.2, 0.25) is 0 Å². The molecule has 1 fully saturated rings. The molecule has 1 N–H and O–H groups in total. The largest absolute Gasteiger partial charge is 0.372 e. The Morgan fingerprint density at radius 2 is 1.79 bits per heavy atom. The Balaban J connectivity index is 1.47. The molecule has 0 aliphatic carbocycles. The summed E-state index contributed by atoms with van der Waals surface area (Å²) in [4.78, 5) is 28.4. The number of nitrogens with zero attached hydrogens (tertiary/aromatic N) is 7. The number of rotatable bonds is 5. The second-order valence-electron chi connectivity index (χ2n) is 10.5. The first-order chi connectivity index (χ1) is 18.5.